The Bertz CT molecular complexity index is 481. The van der Waals surface area contributed by atoms with E-state index < -0.39 is 0 Å². The van der Waals surface area contributed by atoms with Crippen molar-refractivity contribution in [2.45, 2.75) is 26.7 Å². The van der Waals surface area contributed by atoms with Gasteiger partial charge in [0.1, 0.15) is 11.4 Å². The molecule has 0 unspecified atom stereocenters. The lowest BCUT2D eigenvalue weighted by Gasteiger charge is -2.10. The summed E-state index contributed by atoms with van der Waals surface area (Å²) in [6.07, 6.45) is 1.76. The second kappa shape index (κ2) is 5.43. The number of hydrogen-bond donors (Lipinski definition) is 0. The third-order valence-corrected chi connectivity index (χ3v) is 2.41. The van der Waals surface area contributed by atoms with Gasteiger partial charge in [-0.15, -0.1) is 5.10 Å². The molecule has 0 aliphatic rings. The molecule has 0 atom stereocenters. The van der Waals surface area contributed by atoms with Crippen LogP contribution in [-0.4, -0.2) is 26.8 Å². The fraction of sp³-hybridized carbons (Fsp3) is 0.417. The molecule has 0 spiro atoms. The van der Waals surface area contributed by atoms with Crippen LogP contribution >= 0.6 is 0 Å². The predicted molar refractivity (Wildman–Crippen MR) is 64.3 cm³/mol. The molecule has 0 saturated carbocycles. The molecule has 0 fully saturated rings. The van der Waals surface area contributed by atoms with Crippen LogP contribution in [0.25, 0.3) is 5.69 Å². The van der Waals surface area contributed by atoms with Crippen molar-refractivity contribution in [3.05, 3.63) is 30.1 Å². The van der Waals surface area contributed by atoms with Gasteiger partial charge in [0.05, 0.1) is 6.61 Å². The first kappa shape index (κ1) is 11.6. The molecule has 0 saturated heterocycles. The highest BCUT2D eigenvalue weighted by Crippen LogP contribution is 2.22. The molecular weight excluding hydrogens is 216 g/mol. The average Bonchev–Trinajstić information content (AvgIpc) is 2.84. The van der Waals surface area contributed by atoms with Crippen LogP contribution < -0.4 is 4.74 Å². The number of para-hydroxylation sites is 2. The van der Waals surface area contributed by atoms with Crippen LogP contribution in [0.15, 0.2) is 24.3 Å². The van der Waals surface area contributed by atoms with Gasteiger partial charge in [0.25, 0.3) is 0 Å². The van der Waals surface area contributed by atoms with E-state index in [1.165, 1.54) is 0 Å². The molecule has 0 radical (unpaired) electrons. The van der Waals surface area contributed by atoms with Crippen LogP contribution in [0.3, 0.4) is 0 Å². The standard InChI is InChI=1S/C12H16N4O/c1-3-9-17-11-8-6-5-7-10(11)16-12(4-2)13-14-15-16/h5-8H,3-4,9H2,1-2H3. The number of hydrogen-bond acceptors (Lipinski definition) is 4. The second-order valence-corrected chi connectivity index (χ2v) is 3.68. The zero-order valence-corrected chi connectivity index (χ0v) is 10.1. The van der Waals surface area contributed by atoms with E-state index >= 15 is 0 Å². The minimum Gasteiger partial charge on any atom is -0.491 e. The van der Waals surface area contributed by atoms with Gasteiger partial charge >= 0.3 is 0 Å². The molecule has 2 rings (SSSR count). The summed E-state index contributed by atoms with van der Waals surface area (Å²) in [7, 11) is 0. The minimum atomic E-state index is 0.695. The fourth-order valence-electron chi connectivity index (χ4n) is 1.58. The van der Waals surface area contributed by atoms with Gasteiger partial charge in [-0.2, -0.15) is 4.68 Å². The lowest BCUT2D eigenvalue weighted by molar-refractivity contribution is 0.315. The first-order chi connectivity index (χ1) is 8.36. The SMILES string of the molecule is CCCOc1ccccc1-n1nnnc1CC. The molecule has 0 aliphatic heterocycles. The highest BCUT2D eigenvalue weighted by atomic mass is 16.5. The van der Waals surface area contributed by atoms with Gasteiger partial charge in [0.15, 0.2) is 5.82 Å². The smallest absolute Gasteiger partial charge is 0.156 e. The summed E-state index contributed by atoms with van der Waals surface area (Å²) in [6.45, 7) is 4.80. The van der Waals surface area contributed by atoms with Crippen molar-refractivity contribution in [3.63, 3.8) is 0 Å². The highest BCUT2D eigenvalue weighted by molar-refractivity contribution is 5.46. The summed E-state index contributed by atoms with van der Waals surface area (Å²) in [6, 6.07) is 7.80. The van der Waals surface area contributed by atoms with Gasteiger partial charge in [-0.05, 0) is 29.0 Å². The van der Waals surface area contributed by atoms with Gasteiger partial charge < -0.3 is 4.74 Å². The summed E-state index contributed by atoms with van der Waals surface area (Å²) in [4.78, 5) is 0. The molecule has 1 aromatic carbocycles. The van der Waals surface area contributed by atoms with Crippen LogP contribution in [0, 0.1) is 0 Å². The van der Waals surface area contributed by atoms with Gasteiger partial charge in [0, 0.05) is 6.42 Å². The third kappa shape index (κ3) is 2.43. The highest BCUT2D eigenvalue weighted by Gasteiger charge is 2.10. The van der Waals surface area contributed by atoms with E-state index in [0.717, 1.165) is 30.1 Å². The van der Waals surface area contributed by atoms with E-state index in [1.807, 2.05) is 31.2 Å². The van der Waals surface area contributed by atoms with Crippen LogP contribution in [0.5, 0.6) is 5.75 Å². The maximum Gasteiger partial charge on any atom is 0.156 e. The number of aromatic nitrogens is 4. The van der Waals surface area contributed by atoms with Gasteiger partial charge in [-0.25, -0.2) is 0 Å². The molecule has 1 heterocycles. The Kier molecular flexibility index (Phi) is 3.69. The Morgan fingerprint density at radius 3 is 2.82 bits per heavy atom. The topological polar surface area (TPSA) is 52.8 Å². The number of ether oxygens (including phenoxy) is 1. The van der Waals surface area contributed by atoms with Crippen molar-refractivity contribution < 1.29 is 4.74 Å². The molecule has 5 nitrogen and oxygen atoms in total. The van der Waals surface area contributed by atoms with Gasteiger partial charge in [-0.1, -0.05) is 26.0 Å². The lowest BCUT2D eigenvalue weighted by Crippen LogP contribution is -2.06. The molecule has 17 heavy (non-hydrogen) atoms. The quantitative estimate of drug-likeness (QED) is 0.791. The lowest BCUT2D eigenvalue weighted by atomic mass is 10.3. The molecule has 2 aromatic rings. The molecule has 5 heteroatoms. The molecule has 0 aliphatic carbocycles. The molecule has 90 valence electrons. The van der Waals surface area contributed by atoms with Crippen LogP contribution in [0.1, 0.15) is 26.1 Å². The Hall–Kier alpha value is -1.91. The van der Waals surface area contributed by atoms with E-state index in [0.29, 0.717) is 6.61 Å². The summed E-state index contributed by atoms with van der Waals surface area (Å²) in [5.41, 5.74) is 0.891. The van der Waals surface area contributed by atoms with Crippen molar-refractivity contribution >= 4 is 0 Å². The Morgan fingerprint density at radius 2 is 2.06 bits per heavy atom. The normalized spacial score (nSPS) is 10.5. The van der Waals surface area contributed by atoms with Gasteiger partial charge in [0.2, 0.25) is 0 Å². The van der Waals surface area contributed by atoms with Crippen LogP contribution in [0.2, 0.25) is 0 Å². The summed E-state index contributed by atoms with van der Waals surface area (Å²) >= 11 is 0. The monoisotopic (exact) mass is 232 g/mol. The molecule has 0 amide bonds. The van der Waals surface area contributed by atoms with E-state index in [2.05, 4.69) is 22.4 Å². The molecule has 1 aromatic heterocycles. The number of tetrazole rings is 1. The van der Waals surface area contributed by atoms with Crippen molar-refractivity contribution in [3.8, 4) is 11.4 Å². The average molecular weight is 232 g/mol. The number of nitrogens with zero attached hydrogens (tertiary/aromatic N) is 4. The Morgan fingerprint density at radius 1 is 1.24 bits per heavy atom. The fourth-order valence-corrected chi connectivity index (χ4v) is 1.58. The largest absolute Gasteiger partial charge is 0.491 e. The predicted octanol–water partition coefficient (Wildman–Crippen LogP) is 2.01. The third-order valence-electron chi connectivity index (χ3n) is 2.41. The van der Waals surface area contributed by atoms with Crippen molar-refractivity contribution in [2.24, 2.45) is 0 Å². The maximum absolute atomic E-state index is 5.69. The van der Waals surface area contributed by atoms with E-state index in [4.69, 9.17) is 4.74 Å². The number of aryl methyl sites for hydroxylation is 1. The van der Waals surface area contributed by atoms with Crippen molar-refractivity contribution in [1.29, 1.82) is 0 Å². The van der Waals surface area contributed by atoms with Gasteiger partial charge in [-0.3, -0.25) is 0 Å². The Labute approximate surface area is 100 Å². The summed E-state index contributed by atoms with van der Waals surface area (Å²) in [5, 5.41) is 11.7. The van der Waals surface area contributed by atoms with Crippen LogP contribution in [0.4, 0.5) is 0 Å². The van der Waals surface area contributed by atoms with E-state index in [1.54, 1.807) is 4.68 Å². The van der Waals surface area contributed by atoms with Crippen molar-refractivity contribution in [2.75, 3.05) is 6.61 Å². The van der Waals surface area contributed by atoms with E-state index in [9.17, 15) is 0 Å². The van der Waals surface area contributed by atoms with Crippen LogP contribution in [-0.2, 0) is 6.42 Å². The summed E-state index contributed by atoms with van der Waals surface area (Å²) in [5.74, 6) is 1.65. The first-order valence-corrected chi connectivity index (χ1v) is 5.86. The second-order valence-electron chi connectivity index (χ2n) is 3.68. The van der Waals surface area contributed by atoms with Crippen molar-refractivity contribution in [1.82, 2.24) is 20.2 Å². The maximum atomic E-state index is 5.69. The molecule has 0 bridgehead atoms. The van der Waals surface area contributed by atoms with E-state index in [-0.39, 0.29) is 0 Å². The first-order valence-electron chi connectivity index (χ1n) is 5.86. The minimum absolute atomic E-state index is 0.695. The Balaban J connectivity index is 2.37. The number of rotatable bonds is 5. The number of benzene rings is 1. The molecule has 0 N–H and O–H groups in total. The zero-order valence-electron chi connectivity index (χ0n) is 10.1. The summed E-state index contributed by atoms with van der Waals surface area (Å²) < 4.78 is 7.42. The molecular formula is C12H16N4O. The zero-order chi connectivity index (χ0) is 12.1.